The fourth-order valence-electron chi connectivity index (χ4n) is 1.97. The molecular formula is C11H13F3N2O5. The predicted octanol–water partition coefficient (Wildman–Crippen LogP) is 0.466. The Kier molecular flexibility index (Phi) is 4.49. The lowest BCUT2D eigenvalue weighted by Gasteiger charge is -2.33. The van der Waals surface area contributed by atoms with Crippen LogP contribution in [0.15, 0.2) is 12.3 Å². The first-order chi connectivity index (χ1) is 9.61. The highest BCUT2D eigenvalue weighted by atomic mass is 19.4. The number of carbonyl (C=O) groups excluding carboxylic acids is 3. The molecule has 2 N–H and O–H groups in total. The minimum atomic E-state index is -5.28. The van der Waals surface area contributed by atoms with Gasteiger partial charge in [-0.1, -0.05) is 6.58 Å². The van der Waals surface area contributed by atoms with Gasteiger partial charge in [0.25, 0.3) is 5.91 Å². The molecule has 7 nitrogen and oxygen atoms in total. The van der Waals surface area contributed by atoms with Crippen LogP contribution in [0.1, 0.15) is 6.92 Å². The van der Waals surface area contributed by atoms with E-state index < -0.39 is 41.3 Å². The van der Waals surface area contributed by atoms with E-state index in [0.29, 0.717) is 0 Å². The van der Waals surface area contributed by atoms with Crippen molar-refractivity contribution in [1.82, 2.24) is 10.6 Å². The van der Waals surface area contributed by atoms with Crippen molar-refractivity contribution in [2.24, 2.45) is 5.92 Å². The van der Waals surface area contributed by atoms with Crippen LogP contribution < -0.4 is 10.6 Å². The Morgan fingerprint density at radius 3 is 2.48 bits per heavy atom. The van der Waals surface area contributed by atoms with Gasteiger partial charge in [-0.25, -0.2) is 4.79 Å². The monoisotopic (exact) mass is 310 g/mol. The van der Waals surface area contributed by atoms with E-state index in [1.165, 1.54) is 12.2 Å². The fourth-order valence-corrected chi connectivity index (χ4v) is 1.97. The van der Waals surface area contributed by atoms with E-state index >= 15 is 0 Å². The lowest BCUT2D eigenvalue weighted by atomic mass is 9.84. The predicted molar refractivity (Wildman–Crippen MR) is 61.7 cm³/mol. The average molecular weight is 310 g/mol. The topological polar surface area (TPSA) is 93.7 Å². The van der Waals surface area contributed by atoms with Crippen molar-refractivity contribution in [2.45, 2.75) is 18.6 Å². The normalized spacial score (nSPS) is 25.3. The van der Waals surface area contributed by atoms with E-state index in [4.69, 9.17) is 0 Å². The molecule has 1 aliphatic rings. The molecule has 0 bridgehead atoms. The van der Waals surface area contributed by atoms with Gasteiger partial charge in [-0.3, -0.25) is 14.9 Å². The number of nitrogens with one attached hydrogen (secondary N) is 2. The highest BCUT2D eigenvalue weighted by Crippen LogP contribution is 2.43. The largest absolute Gasteiger partial charge is 0.468 e. The van der Waals surface area contributed by atoms with Gasteiger partial charge in [-0.15, -0.1) is 0 Å². The van der Waals surface area contributed by atoms with Crippen LogP contribution in [0.25, 0.3) is 0 Å². The highest BCUT2D eigenvalue weighted by Gasteiger charge is 2.72. The van der Waals surface area contributed by atoms with Crippen molar-refractivity contribution in [3.05, 3.63) is 12.3 Å². The van der Waals surface area contributed by atoms with Gasteiger partial charge in [0.05, 0.1) is 13.7 Å². The molecule has 1 fully saturated rings. The molecule has 0 radical (unpaired) electrons. The van der Waals surface area contributed by atoms with E-state index in [2.05, 4.69) is 16.1 Å². The number of ether oxygens (including phenoxy) is 2. The first-order valence-electron chi connectivity index (χ1n) is 5.71. The summed E-state index contributed by atoms with van der Waals surface area (Å²) in [6.45, 7) is 4.34. The summed E-state index contributed by atoms with van der Waals surface area (Å²) < 4.78 is 48.8. The molecule has 0 aromatic heterocycles. The summed E-state index contributed by atoms with van der Waals surface area (Å²) in [4.78, 5) is 34.7. The molecule has 0 aliphatic carbocycles. The van der Waals surface area contributed by atoms with E-state index in [-0.39, 0.29) is 6.61 Å². The second kappa shape index (κ2) is 5.62. The number of alkyl halides is 3. The summed E-state index contributed by atoms with van der Waals surface area (Å²) in [5.41, 5.74) is -4.05. The Balaban J connectivity index is 3.38. The molecule has 1 saturated heterocycles. The quantitative estimate of drug-likeness (QED) is 0.739. The van der Waals surface area contributed by atoms with Gasteiger partial charge in [0, 0.05) is 5.70 Å². The van der Waals surface area contributed by atoms with Gasteiger partial charge in [-0.2, -0.15) is 13.2 Å². The van der Waals surface area contributed by atoms with Gasteiger partial charge in [-0.05, 0) is 6.92 Å². The third-order valence-corrected chi connectivity index (χ3v) is 2.87. The van der Waals surface area contributed by atoms with Gasteiger partial charge in [0.15, 0.2) is 0 Å². The fraction of sp³-hybridized carbons (Fsp3) is 0.545. The number of halogens is 3. The van der Waals surface area contributed by atoms with Crippen LogP contribution in [0.4, 0.5) is 18.0 Å². The Hall–Kier alpha value is -2.26. The van der Waals surface area contributed by atoms with Crippen LogP contribution in [0.2, 0.25) is 0 Å². The number of carbonyl (C=O) groups is 3. The van der Waals surface area contributed by atoms with Crippen LogP contribution in [-0.4, -0.2) is 43.4 Å². The molecule has 1 heterocycles. The molecule has 0 aromatic rings. The van der Waals surface area contributed by atoms with Crippen molar-refractivity contribution in [3.63, 3.8) is 0 Å². The maximum Gasteiger partial charge on any atom is 0.422 e. The standard InChI is InChI=1S/C11H13F3N2O5/c1-4-21-9(19)16-10(11(12,13)14)6(7(17)20-3)5(2)15-8(10)18/h6H,2,4H2,1,3H3,(H,15,18)(H,16,19)/t6-,10-/m1/s1. The maximum absolute atomic E-state index is 13.4. The van der Waals surface area contributed by atoms with E-state index in [1.54, 1.807) is 5.32 Å². The molecule has 21 heavy (non-hydrogen) atoms. The number of esters is 1. The lowest BCUT2D eigenvalue weighted by molar-refractivity contribution is -0.207. The Bertz CT molecular complexity index is 491. The number of rotatable bonds is 3. The molecule has 0 unspecified atom stereocenters. The summed E-state index contributed by atoms with van der Waals surface area (Å²) in [6.07, 6.45) is -6.77. The van der Waals surface area contributed by atoms with E-state index in [0.717, 1.165) is 7.11 Å². The van der Waals surface area contributed by atoms with Crippen LogP contribution in [0.3, 0.4) is 0 Å². The van der Waals surface area contributed by atoms with Gasteiger partial charge < -0.3 is 14.8 Å². The Morgan fingerprint density at radius 1 is 1.48 bits per heavy atom. The Morgan fingerprint density at radius 2 is 2.05 bits per heavy atom. The second-order valence-electron chi connectivity index (χ2n) is 4.09. The summed E-state index contributed by atoms with van der Waals surface area (Å²) in [7, 11) is 0.851. The molecule has 0 saturated carbocycles. The van der Waals surface area contributed by atoms with Crippen LogP contribution in [0, 0.1) is 5.92 Å². The van der Waals surface area contributed by atoms with Gasteiger partial charge in [0.1, 0.15) is 5.92 Å². The van der Waals surface area contributed by atoms with Crippen LogP contribution in [-0.2, 0) is 19.1 Å². The minimum Gasteiger partial charge on any atom is -0.468 e. The molecule has 1 aliphatic heterocycles. The second-order valence-corrected chi connectivity index (χ2v) is 4.09. The average Bonchev–Trinajstić information content (AvgIpc) is 2.60. The third-order valence-electron chi connectivity index (χ3n) is 2.87. The zero-order valence-electron chi connectivity index (χ0n) is 11.2. The molecule has 118 valence electrons. The molecule has 2 atom stereocenters. The van der Waals surface area contributed by atoms with E-state index in [1.807, 2.05) is 0 Å². The molecular weight excluding hydrogens is 297 g/mol. The van der Waals surface area contributed by atoms with Crippen molar-refractivity contribution in [3.8, 4) is 0 Å². The van der Waals surface area contributed by atoms with Crippen molar-refractivity contribution in [2.75, 3.05) is 13.7 Å². The number of hydrogen-bond acceptors (Lipinski definition) is 5. The number of alkyl carbamates (subject to hydrolysis) is 1. The summed E-state index contributed by atoms with van der Waals surface area (Å²) in [5.74, 6) is -5.16. The lowest BCUT2D eigenvalue weighted by Crippen LogP contribution is -2.67. The maximum atomic E-state index is 13.4. The molecule has 1 rings (SSSR count). The third kappa shape index (κ3) is 2.65. The highest BCUT2D eigenvalue weighted by molar-refractivity contribution is 6.02. The molecule has 2 amide bonds. The molecule has 0 spiro atoms. The number of methoxy groups -OCH3 is 1. The van der Waals surface area contributed by atoms with Crippen LogP contribution in [0.5, 0.6) is 0 Å². The number of hydrogen-bond donors (Lipinski definition) is 2. The zero-order chi connectivity index (χ0) is 16.4. The van der Waals surface area contributed by atoms with Crippen molar-refractivity contribution in [1.29, 1.82) is 0 Å². The molecule has 0 aromatic carbocycles. The van der Waals surface area contributed by atoms with Gasteiger partial charge >= 0.3 is 18.2 Å². The SMILES string of the molecule is C=C1NC(=O)[C@@](NC(=O)OCC)(C(F)(F)F)[C@H]1C(=O)OC. The summed E-state index contributed by atoms with van der Waals surface area (Å²) in [5, 5.41) is 3.22. The summed E-state index contributed by atoms with van der Waals surface area (Å²) in [6, 6.07) is 0. The number of amides is 2. The summed E-state index contributed by atoms with van der Waals surface area (Å²) >= 11 is 0. The Labute approximate surface area is 117 Å². The first-order valence-corrected chi connectivity index (χ1v) is 5.71. The van der Waals surface area contributed by atoms with Crippen LogP contribution >= 0.6 is 0 Å². The zero-order valence-corrected chi connectivity index (χ0v) is 11.2. The minimum absolute atomic E-state index is 0.217. The first kappa shape index (κ1) is 16.8. The van der Waals surface area contributed by atoms with Crippen molar-refractivity contribution >= 4 is 18.0 Å². The van der Waals surface area contributed by atoms with Crippen molar-refractivity contribution < 1.29 is 37.0 Å². The van der Waals surface area contributed by atoms with E-state index in [9.17, 15) is 27.6 Å². The smallest absolute Gasteiger partial charge is 0.422 e. The van der Waals surface area contributed by atoms with Gasteiger partial charge in [0.2, 0.25) is 5.54 Å². The molecule has 10 heteroatoms.